The van der Waals surface area contributed by atoms with E-state index < -0.39 is 42.4 Å². The average molecular weight is 440 g/mol. The highest BCUT2D eigenvalue weighted by molar-refractivity contribution is 14.2. The largest absolute Gasteiger partial charge is 0.265 e. The van der Waals surface area contributed by atoms with Crippen LogP contribution in [0.3, 0.4) is 0 Å². The fraction of sp³-hybridized carbons (Fsp3) is 0. The molecule has 0 aliphatic heterocycles. The second-order valence-corrected chi connectivity index (χ2v) is 6.12. The molecule has 2 rings (SSSR count). The lowest BCUT2D eigenvalue weighted by atomic mass is 10.4. The van der Waals surface area contributed by atoms with Crippen LogP contribution in [0.25, 0.3) is 0 Å². The van der Waals surface area contributed by atoms with Gasteiger partial charge in [-0.1, -0.05) is 36.4 Å². The van der Waals surface area contributed by atoms with E-state index in [1.807, 2.05) is 60.7 Å². The minimum absolute atomic E-state index is 0.941. The monoisotopic (exact) mass is 440 g/mol. The zero-order chi connectivity index (χ0) is 11.6. The predicted octanol–water partition coefficient (Wildman–Crippen LogP) is 4.34. The first kappa shape index (κ1) is 13.6. The molecule has 0 atom stereocenters. The number of halogens is 2. The Kier molecular flexibility index (Phi) is 7.32. The summed E-state index contributed by atoms with van der Waals surface area (Å²) in [6.45, 7) is 0. The van der Waals surface area contributed by atoms with Crippen LogP contribution in [0.4, 0.5) is 0 Å². The lowest BCUT2D eigenvalue weighted by molar-refractivity contribution is 0.647. The van der Waals surface area contributed by atoms with Gasteiger partial charge in [-0.25, -0.2) is 0 Å². The number of rotatable bonds is 2. The second kappa shape index (κ2) is 8.63. The van der Waals surface area contributed by atoms with E-state index in [0.29, 0.717) is 0 Å². The predicted molar refractivity (Wildman–Crippen MR) is 79.7 cm³/mol. The zero-order valence-corrected chi connectivity index (χ0v) is 12.7. The van der Waals surface area contributed by atoms with Crippen LogP contribution in [0, 0.1) is 7.14 Å². The lowest BCUT2D eigenvalue weighted by Gasteiger charge is -1.80. The van der Waals surface area contributed by atoms with Crippen molar-refractivity contribution in [3.8, 4) is 0 Å². The van der Waals surface area contributed by atoms with Gasteiger partial charge in [-0.15, -0.1) is 0 Å². The lowest BCUT2D eigenvalue weighted by Crippen LogP contribution is -1.63. The Morgan fingerprint density at radius 3 is 1.06 bits per heavy atom. The van der Waals surface area contributed by atoms with E-state index in [4.69, 9.17) is 0 Å². The third-order valence-electron chi connectivity index (χ3n) is 1.64. The topological polar surface area (TPSA) is 34.1 Å². The highest BCUT2D eigenvalue weighted by Gasteiger charge is 1.82. The normalized spacial score (nSPS) is 9.00. The quantitative estimate of drug-likeness (QED) is 0.652. The van der Waals surface area contributed by atoms with Crippen molar-refractivity contribution >= 4 is 42.4 Å². The fourth-order valence-corrected chi connectivity index (χ4v) is 2.35. The van der Waals surface area contributed by atoms with Gasteiger partial charge >= 0.3 is 0 Å². The van der Waals surface area contributed by atoms with Gasteiger partial charge < -0.3 is 0 Å². The molecule has 0 bridgehead atoms. The summed E-state index contributed by atoms with van der Waals surface area (Å²) in [6, 6.07) is 18.9. The van der Waals surface area contributed by atoms with Crippen molar-refractivity contribution in [3.63, 3.8) is 0 Å². The van der Waals surface area contributed by atoms with Gasteiger partial charge in [0, 0.05) is 7.14 Å². The third-order valence-corrected chi connectivity index (χ3v) is 4.10. The molecule has 0 saturated carbocycles. The first-order valence-electron chi connectivity index (χ1n) is 4.51. The van der Waals surface area contributed by atoms with Crippen LogP contribution >= 0.6 is 42.4 Å². The van der Waals surface area contributed by atoms with Gasteiger partial charge in [-0.2, -0.15) is 0 Å². The minimum atomic E-state index is -0.941. The molecule has 2 nitrogen and oxygen atoms in total. The molecule has 0 spiro atoms. The minimum Gasteiger partial charge on any atom is -0.265 e. The average Bonchev–Trinajstić information content (AvgIpc) is 2.41. The summed E-state index contributed by atoms with van der Waals surface area (Å²) in [6.07, 6.45) is 0. The SMILES string of the molecule is O=Ic1ccccc1.O=Ic1ccccc1. The Bertz CT molecular complexity index is 386. The molecule has 4 heteroatoms. The van der Waals surface area contributed by atoms with E-state index in [1.165, 1.54) is 0 Å². The molecular formula is C12H10I2O2. The maximum Gasteiger partial charge on any atom is 0.182 e. The van der Waals surface area contributed by atoms with Crippen molar-refractivity contribution in [1.29, 1.82) is 0 Å². The summed E-state index contributed by atoms with van der Waals surface area (Å²) in [4.78, 5) is 0. The van der Waals surface area contributed by atoms with E-state index in [-0.39, 0.29) is 0 Å². The van der Waals surface area contributed by atoms with E-state index >= 15 is 0 Å². The first-order valence-corrected chi connectivity index (χ1v) is 8.43. The standard InChI is InChI=1S/2C6H5IO/c2*8-7-6-4-2-1-3-5-6/h2*1-5H. The van der Waals surface area contributed by atoms with Gasteiger partial charge in [-0.05, 0) is 24.3 Å². The molecule has 2 aromatic carbocycles. The van der Waals surface area contributed by atoms with Crippen LogP contribution < -0.4 is 0 Å². The van der Waals surface area contributed by atoms with Crippen LogP contribution in [0.15, 0.2) is 60.7 Å². The van der Waals surface area contributed by atoms with Gasteiger partial charge in [0.1, 0.15) is 0 Å². The molecule has 0 heterocycles. The zero-order valence-electron chi connectivity index (χ0n) is 8.35. The van der Waals surface area contributed by atoms with Crippen LogP contribution in [0.5, 0.6) is 0 Å². The number of benzene rings is 2. The highest BCUT2D eigenvalue weighted by atomic mass is 127. The smallest absolute Gasteiger partial charge is 0.182 e. The number of hydrogen-bond acceptors (Lipinski definition) is 2. The summed E-state index contributed by atoms with van der Waals surface area (Å²) >= 11 is -1.88. The van der Waals surface area contributed by atoms with Crippen molar-refractivity contribution in [2.24, 2.45) is 0 Å². The Balaban J connectivity index is 0.000000160. The molecule has 0 aliphatic carbocycles. The molecule has 16 heavy (non-hydrogen) atoms. The van der Waals surface area contributed by atoms with Crippen LogP contribution in [-0.2, 0) is 6.14 Å². The maximum atomic E-state index is 10.2. The van der Waals surface area contributed by atoms with Crippen molar-refractivity contribution in [2.75, 3.05) is 0 Å². The Morgan fingerprint density at radius 1 is 0.562 bits per heavy atom. The molecule has 0 fully saturated rings. The summed E-state index contributed by atoms with van der Waals surface area (Å²) in [7, 11) is 0. The summed E-state index contributed by atoms with van der Waals surface area (Å²) in [5.74, 6) is 0. The van der Waals surface area contributed by atoms with E-state index in [0.717, 1.165) is 7.14 Å². The molecule has 84 valence electrons. The summed E-state index contributed by atoms with van der Waals surface area (Å²) in [5, 5.41) is 0. The van der Waals surface area contributed by atoms with Crippen molar-refractivity contribution in [2.45, 2.75) is 0 Å². The van der Waals surface area contributed by atoms with E-state index in [1.54, 1.807) is 0 Å². The van der Waals surface area contributed by atoms with Gasteiger partial charge in [0.05, 0.1) is 0 Å². The Hall–Kier alpha value is -0.500. The highest BCUT2D eigenvalue weighted by Crippen LogP contribution is 2.07. The molecule has 2 aromatic rings. The molecule has 0 unspecified atom stereocenters. The van der Waals surface area contributed by atoms with Crippen LogP contribution in [0.1, 0.15) is 0 Å². The summed E-state index contributed by atoms with van der Waals surface area (Å²) < 4.78 is 22.4. The molecule has 0 N–H and O–H groups in total. The maximum absolute atomic E-state index is 10.2. The molecule has 0 aromatic heterocycles. The van der Waals surface area contributed by atoms with Gasteiger partial charge in [-0.3, -0.25) is 6.14 Å². The van der Waals surface area contributed by atoms with Crippen LogP contribution in [0.2, 0.25) is 0 Å². The second-order valence-electron chi connectivity index (χ2n) is 2.75. The van der Waals surface area contributed by atoms with Gasteiger partial charge in [0.15, 0.2) is 42.4 Å². The van der Waals surface area contributed by atoms with Gasteiger partial charge in [0.25, 0.3) is 0 Å². The van der Waals surface area contributed by atoms with Gasteiger partial charge in [0.2, 0.25) is 0 Å². The Morgan fingerprint density at radius 2 is 0.875 bits per heavy atom. The van der Waals surface area contributed by atoms with E-state index in [2.05, 4.69) is 0 Å². The summed E-state index contributed by atoms with van der Waals surface area (Å²) in [5.41, 5.74) is 0. The molecule has 0 saturated heterocycles. The molecule has 0 amide bonds. The van der Waals surface area contributed by atoms with E-state index in [9.17, 15) is 6.14 Å². The van der Waals surface area contributed by atoms with Crippen molar-refractivity contribution in [1.82, 2.24) is 0 Å². The first-order chi connectivity index (χ1) is 7.86. The van der Waals surface area contributed by atoms with Crippen molar-refractivity contribution in [3.05, 3.63) is 67.8 Å². The fourth-order valence-electron chi connectivity index (χ4n) is 0.932. The van der Waals surface area contributed by atoms with Crippen LogP contribution in [-0.4, -0.2) is 0 Å². The molecule has 0 aliphatic rings. The molecule has 0 radical (unpaired) electrons. The third kappa shape index (κ3) is 5.55. The number of hydrogen-bond donors (Lipinski definition) is 0. The van der Waals surface area contributed by atoms with Crippen molar-refractivity contribution < 1.29 is 6.14 Å². The molecular weight excluding hydrogens is 430 g/mol. The Labute approximate surface area is 115 Å².